The number of rotatable bonds is 17. The number of fused-ring (bicyclic) bond motifs is 8. The molecular weight excluding hydrogens is 1440 g/mol. The number of hydrogen-bond donors (Lipinski definition) is 8. The van der Waals surface area contributed by atoms with E-state index in [0.29, 0.717) is 100 Å². The number of halogens is 1. The van der Waals surface area contributed by atoms with Crippen LogP contribution in [0.1, 0.15) is 127 Å². The van der Waals surface area contributed by atoms with E-state index in [0.717, 1.165) is 110 Å². The van der Waals surface area contributed by atoms with Gasteiger partial charge in [0.25, 0.3) is 23.6 Å². The van der Waals surface area contributed by atoms with E-state index < -0.39 is 17.7 Å². The average Bonchev–Trinajstić information content (AvgIpc) is 1.62. The van der Waals surface area contributed by atoms with Crippen molar-refractivity contribution in [3.05, 3.63) is 160 Å². The van der Waals surface area contributed by atoms with Crippen LogP contribution in [-0.4, -0.2) is 213 Å². The second-order valence-corrected chi connectivity index (χ2v) is 27.9. The summed E-state index contributed by atoms with van der Waals surface area (Å²) in [5.74, 6) is 0.620. The van der Waals surface area contributed by atoms with Gasteiger partial charge in [-0.05, 0) is 47.6 Å². The first-order valence-electron chi connectivity index (χ1n) is 36.4. The molecule has 1 fully saturated rings. The number of aromatic nitrogens is 17. The Bertz CT molecular complexity index is 5380. The highest BCUT2D eigenvalue weighted by Crippen LogP contribution is 2.35. The summed E-state index contributed by atoms with van der Waals surface area (Å²) < 4.78 is 40.3. The largest absolute Gasteiger partial charge is 0.494 e. The van der Waals surface area contributed by atoms with E-state index in [1.807, 2.05) is 37.3 Å². The fourth-order valence-electron chi connectivity index (χ4n) is 13.8. The van der Waals surface area contributed by atoms with E-state index in [4.69, 9.17) is 51.9 Å². The number of nitrogens with two attached hydrogens (primary N) is 4. The number of likely N-dealkylation sites (N-methyl/N-ethyl adjacent to an activating group) is 1. The van der Waals surface area contributed by atoms with Crippen LogP contribution < -0.4 is 63.1 Å². The molecule has 1 saturated carbocycles. The fourth-order valence-corrected chi connectivity index (χ4v) is 13.8. The third-order valence-corrected chi connectivity index (χ3v) is 19.6. The van der Waals surface area contributed by atoms with Gasteiger partial charge >= 0.3 is 0 Å². The lowest BCUT2D eigenvalue weighted by Crippen LogP contribution is -2.36. The van der Waals surface area contributed by atoms with Gasteiger partial charge in [-0.15, -0.1) is 20.4 Å². The highest BCUT2D eigenvalue weighted by Gasteiger charge is 2.34. The van der Waals surface area contributed by atoms with Crippen LogP contribution in [0.3, 0.4) is 0 Å². The molecule has 12 N–H and O–H groups in total. The molecule has 0 saturated heterocycles. The zero-order valence-corrected chi connectivity index (χ0v) is 63.1. The maximum Gasteiger partial charge on any atom is 0.263 e. The number of carbonyl (C=O) groups is 4. The van der Waals surface area contributed by atoms with Crippen LogP contribution in [0.2, 0.25) is 0 Å². The third kappa shape index (κ3) is 16.2. The van der Waals surface area contributed by atoms with Gasteiger partial charge in [-0.1, -0.05) is 0 Å². The summed E-state index contributed by atoms with van der Waals surface area (Å²) in [6, 6.07) is 6.16. The molecule has 0 radical (unpaired) electrons. The molecular formula is C74H86FN29O8. The van der Waals surface area contributed by atoms with Crippen LogP contribution in [0, 0.1) is 0 Å². The lowest BCUT2D eigenvalue weighted by molar-refractivity contribution is 0.102. The molecule has 0 spiro atoms. The van der Waals surface area contributed by atoms with Crippen molar-refractivity contribution in [3.8, 4) is 23.1 Å². The third-order valence-electron chi connectivity index (χ3n) is 19.6. The summed E-state index contributed by atoms with van der Waals surface area (Å²) in [4.78, 5) is 99.6. The minimum atomic E-state index is -0.443. The molecule has 37 nitrogen and oxygen atoms in total. The molecule has 4 aliphatic heterocycles. The smallest absolute Gasteiger partial charge is 0.263 e. The first-order chi connectivity index (χ1) is 54.1. The van der Waals surface area contributed by atoms with Crippen molar-refractivity contribution in [1.82, 2.24) is 103 Å². The van der Waals surface area contributed by atoms with E-state index in [1.54, 1.807) is 56.5 Å². The summed E-state index contributed by atoms with van der Waals surface area (Å²) in [6.07, 6.45) is 25.3. The molecule has 582 valence electrons. The Morgan fingerprint density at radius 2 is 0.884 bits per heavy atom. The predicted molar refractivity (Wildman–Crippen MR) is 413 cm³/mol. The second-order valence-electron chi connectivity index (χ2n) is 27.9. The van der Waals surface area contributed by atoms with Crippen molar-refractivity contribution in [2.45, 2.75) is 111 Å². The topological polar surface area (TPSA) is 456 Å². The Kier molecular flexibility index (Phi) is 22.2. The Balaban J connectivity index is 0.000000124. The number of ether oxygens (including phenoxy) is 4. The van der Waals surface area contributed by atoms with Crippen molar-refractivity contribution < 1.29 is 42.5 Å². The number of pyridine rings is 3. The Hall–Kier alpha value is -12.9. The van der Waals surface area contributed by atoms with Crippen LogP contribution >= 0.6 is 0 Å². The number of methoxy groups -OCH3 is 3. The van der Waals surface area contributed by atoms with E-state index in [9.17, 15) is 23.6 Å². The van der Waals surface area contributed by atoms with Crippen molar-refractivity contribution >= 4 is 92.2 Å². The number of nitrogens with zero attached hydrogens (tertiary/aromatic N) is 21. The first-order valence-corrected chi connectivity index (χ1v) is 36.4. The van der Waals surface area contributed by atoms with E-state index in [2.05, 4.69) is 112 Å². The molecule has 1 aliphatic carbocycles. The summed E-state index contributed by atoms with van der Waals surface area (Å²) in [7, 11) is 6.63. The van der Waals surface area contributed by atoms with Gasteiger partial charge in [0.15, 0.2) is 45.9 Å². The molecule has 0 bridgehead atoms. The number of carbonyl (C=O) groups excluding carboxylic acids is 4. The maximum absolute atomic E-state index is 13.0. The number of anilines is 8. The molecule has 5 aliphatic rings. The van der Waals surface area contributed by atoms with Crippen LogP contribution in [0.25, 0.3) is 22.6 Å². The molecule has 0 aromatic carbocycles. The van der Waals surface area contributed by atoms with Gasteiger partial charge in [-0.2, -0.15) is 4.98 Å². The van der Waals surface area contributed by atoms with E-state index in [-0.39, 0.29) is 64.2 Å². The second kappa shape index (κ2) is 32.7. The van der Waals surface area contributed by atoms with Crippen LogP contribution in [0.15, 0.2) is 92.7 Å². The van der Waals surface area contributed by atoms with Crippen molar-refractivity contribution in [1.29, 1.82) is 0 Å². The van der Waals surface area contributed by atoms with Gasteiger partial charge in [0.1, 0.15) is 75.3 Å². The molecule has 17 rings (SSSR count). The highest BCUT2D eigenvalue weighted by atomic mass is 19.1. The molecule has 38 heteroatoms. The van der Waals surface area contributed by atoms with Gasteiger partial charge in [0.2, 0.25) is 5.88 Å². The van der Waals surface area contributed by atoms with Gasteiger partial charge in [0, 0.05) is 181 Å². The first kappa shape index (κ1) is 75.9. The normalized spacial score (nSPS) is 14.8. The van der Waals surface area contributed by atoms with Crippen LogP contribution in [0.4, 0.5) is 50.4 Å². The molecule has 4 amide bonds. The Morgan fingerprint density at radius 3 is 1.29 bits per heavy atom. The molecule has 12 aromatic heterocycles. The summed E-state index contributed by atoms with van der Waals surface area (Å²) in [6.45, 7) is 14.7. The summed E-state index contributed by atoms with van der Waals surface area (Å²) in [5, 5.41) is 28.2. The Morgan fingerprint density at radius 1 is 0.500 bits per heavy atom. The van der Waals surface area contributed by atoms with Gasteiger partial charge < -0.3 is 68.0 Å². The number of hydrogen-bond acceptors (Lipinski definition) is 29. The highest BCUT2D eigenvalue weighted by molar-refractivity contribution is 6.14. The molecule has 12 aromatic rings. The zero-order valence-electron chi connectivity index (χ0n) is 63.1. The summed E-state index contributed by atoms with van der Waals surface area (Å²) >= 11 is 0. The molecule has 112 heavy (non-hydrogen) atoms. The lowest BCUT2D eigenvalue weighted by Gasteiger charge is -2.31. The fraction of sp³-hybridized carbons (Fsp3) is 0.365. The number of nitrogen functional groups attached to an aromatic ring is 4. The Labute approximate surface area is 640 Å². The quantitative estimate of drug-likeness (QED) is 0.0546. The minimum Gasteiger partial charge on any atom is -0.494 e. The number of alkyl halides is 1. The molecule has 16 heterocycles. The SMILES string of the molecule is CC(C)Oc1ncncc1NC(=O)c1c(N)nn2cc3c(nc12)CCN(C)C3.COc1ccncc1NC(=O)c1c(N)nn2cc3c(nc12)CCN(C(C)C)C3.COc1ccncc1NC(=O)c1c(N)nn2cc3c(nc12)CCN(C1CC1)C3.COc1ccncc1NC(=O)c1c(N)nn2cc3c(nc12)CCN(CCF)C3. The number of amides is 4. The predicted octanol–water partition coefficient (Wildman–Crippen LogP) is 5.65. The summed E-state index contributed by atoms with van der Waals surface area (Å²) in [5.41, 5.74) is 36.7. The lowest BCUT2D eigenvalue weighted by atomic mass is 10.1. The van der Waals surface area contributed by atoms with Crippen molar-refractivity contribution in [2.75, 3.05) is 112 Å². The standard InChI is InChI=1S/C19H21N7O2.C19H23N7O2.C18H20FN7O2.C18H22N8O2/c1-28-15-4-6-21-8-14(15)23-19(27)16-17(20)24-26-10-11-9-25(12-2-3-12)7-5-13(11)22-18(16)26;1-11(2)25-7-5-13-12(9-25)10-26-18(22-13)16(17(20)24-26)19(27)23-14-8-21-6-4-15(14)28-3;1-28-14-2-5-21-8-13(14)23-18(27)15-16(20)24-26-10-11-9-25(7-4-19)6-3-12(11)22-17(15)26;1-10(2)28-18-13(6-20-9-21-18)23-17(27)14-15(19)24-26-8-11-7-25(3)5-4-12(11)22-16(14)26/h4,6,8,10,12H,2-3,5,7,9H2,1H3,(H2,20,24)(H,23,27);4,6,8,10-11H,5,7,9H2,1-3H3,(H2,20,24)(H,23,27);2,5,8,10H,3-4,6-7,9H2,1H3,(H2,20,24)(H,23,27);6,8-10H,4-5,7H2,1-3H3,(H2,19,24)(H,23,27). The zero-order chi connectivity index (χ0) is 78.6. The van der Waals surface area contributed by atoms with Crippen LogP contribution in [0.5, 0.6) is 23.1 Å². The monoisotopic (exact) mass is 1530 g/mol. The number of nitrogens with one attached hydrogen (secondary N) is 4. The van der Waals surface area contributed by atoms with Crippen molar-refractivity contribution in [2.24, 2.45) is 0 Å². The van der Waals surface area contributed by atoms with Gasteiger partial charge in [-0.25, -0.2) is 47.4 Å². The average molecular weight is 1530 g/mol. The van der Waals surface area contributed by atoms with E-state index >= 15 is 0 Å². The molecule has 0 atom stereocenters. The van der Waals surface area contributed by atoms with Gasteiger partial charge in [-0.3, -0.25) is 48.8 Å². The van der Waals surface area contributed by atoms with Crippen molar-refractivity contribution in [3.63, 3.8) is 0 Å². The van der Waals surface area contributed by atoms with E-state index in [1.165, 1.54) is 69.8 Å². The van der Waals surface area contributed by atoms with Crippen LogP contribution in [-0.2, 0) is 51.9 Å². The maximum atomic E-state index is 13.0. The van der Waals surface area contributed by atoms with Gasteiger partial charge in [0.05, 0.1) is 75.0 Å². The molecule has 0 unspecified atom stereocenters. The minimum absolute atomic E-state index is 0.0795.